The number of fused-ring (bicyclic) bond motifs is 1. The Morgan fingerprint density at radius 2 is 1.67 bits per heavy atom. The Morgan fingerprint density at radius 3 is 2.28 bits per heavy atom. The SMILES string of the molecule is CCC(CNc1cc(C(F)(F)F)c(-c2cnc3c(Nc4ccc(C(F)(F)F)cn4)ccnc3n2)nn1)N(C)C. The van der Waals surface area contributed by atoms with Crippen LogP contribution in [-0.4, -0.2) is 61.7 Å². The highest BCUT2D eigenvalue weighted by molar-refractivity contribution is 5.87. The van der Waals surface area contributed by atoms with Gasteiger partial charge in [0.1, 0.15) is 28.5 Å². The third-order valence-electron chi connectivity index (χ3n) is 5.86. The summed E-state index contributed by atoms with van der Waals surface area (Å²) < 4.78 is 80.3. The van der Waals surface area contributed by atoms with Crippen molar-refractivity contribution in [2.24, 2.45) is 0 Å². The number of hydrogen-bond donors (Lipinski definition) is 2. The smallest absolute Gasteiger partial charge is 0.367 e. The van der Waals surface area contributed by atoms with Gasteiger partial charge in [0, 0.05) is 25.0 Å². The second kappa shape index (κ2) is 10.9. The van der Waals surface area contributed by atoms with Gasteiger partial charge < -0.3 is 15.5 Å². The Kier molecular flexibility index (Phi) is 7.81. The summed E-state index contributed by atoms with van der Waals surface area (Å²) in [5.74, 6) is 0.0584. The molecule has 0 amide bonds. The van der Waals surface area contributed by atoms with Gasteiger partial charge in [-0.1, -0.05) is 6.92 Å². The van der Waals surface area contributed by atoms with Gasteiger partial charge in [-0.15, -0.1) is 10.2 Å². The number of alkyl halides is 6. The summed E-state index contributed by atoms with van der Waals surface area (Å²) in [6, 6.07) is 4.44. The average Bonchev–Trinajstić information content (AvgIpc) is 2.88. The molecule has 39 heavy (non-hydrogen) atoms. The van der Waals surface area contributed by atoms with Crippen LogP contribution in [0.1, 0.15) is 24.5 Å². The third kappa shape index (κ3) is 6.47. The fourth-order valence-corrected chi connectivity index (χ4v) is 3.71. The molecule has 0 aromatic carbocycles. The van der Waals surface area contributed by atoms with Gasteiger partial charge in [-0.05, 0) is 44.8 Å². The molecule has 4 aromatic heterocycles. The zero-order valence-electron chi connectivity index (χ0n) is 20.9. The first kappa shape index (κ1) is 27.9. The van der Waals surface area contributed by atoms with Crippen LogP contribution in [0.15, 0.2) is 42.9 Å². The first-order valence-corrected chi connectivity index (χ1v) is 11.6. The maximum atomic E-state index is 14.0. The highest BCUT2D eigenvalue weighted by atomic mass is 19.4. The fraction of sp³-hybridized carbons (Fsp3) is 0.333. The van der Waals surface area contributed by atoms with Crippen molar-refractivity contribution in [3.05, 3.63) is 54.0 Å². The summed E-state index contributed by atoms with van der Waals surface area (Å²) in [6.07, 6.45) is -5.41. The van der Waals surface area contributed by atoms with Crippen molar-refractivity contribution in [2.75, 3.05) is 31.3 Å². The van der Waals surface area contributed by atoms with Crippen molar-refractivity contribution >= 4 is 28.5 Å². The topological polar surface area (TPSA) is 105 Å². The molecule has 206 valence electrons. The van der Waals surface area contributed by atoms with E-state index in [1.165, 1.54) is 12.3 Å². The van der Waals surface area contributed by atoms with E-state index in [1.54, 1.807) is 0 Å². The Bertz CT molecular complexity index is 1440. The minimum absolute atomic E-state index is 0.0155. The van der Waals surface area contributed by atoms with Gasteiger partial charge in [0.25, 0.3) is 0 Å². The molecule has 0 aliphatic carbocycles. The summed E-state index contributed by atoms with van der Waals surface area (Å²) in [7, 11) is 3.75. The van der Waals surface area contributed by atoms with Gasteiger partial charge >= 0.3 is 12.4 Å². The van der Waals surface area contributed by atoms with E-state index in [1.807, 2.05) is 25.9 Å². The number of halogens is 6. The summed E-state index contributed by atoms with van der Waals surface area (Å²) >= 11 is 0. The van der Waals surface area contributed by atoms with Crippen LogP contribution in [0.3, 0.4) is 0 Å². The number of anilines is 3. The van der Waals surface area contributed by atoms with E-state index in [9.17, 15) is 26.3 Å². The highest BCUT2D eigenvalue weighted by Crippen LogP contribution is 2.36. The number of likely N-dealkylation sites (N-methyl/N-ethyl adjacent to an activating group) is 1. The molecule has 0 fully saturated rings. The molecule has 15 heteroatoms. The molecule has 4 aromatic rings. The van der Waals surface area contributed by atoms with Gasteiger partial charge in [0.2, 0.25) is 0 Å². The molecule has 2 N–H and O–H groups in total. The molecule has 0 radical (unpaired) electrons. The Labute approximate surface area is 218 Å². The van der Waals surface area contributed by atoms with Crippen LogP contribution in [0, 0.1) is 0 Å². The second-order valence-electron chi connectivity index (χ2n) is 8.74. The predicted octanol–water partition coefficient (Wildman–Crippen LogP) is 5.41. The van der Waals surface area contributed by atoms with E-state index in [4.69, 9.17) is 0 Å². The predicted molar refractivity (Wildman–Crippen MR) is 132 cm³/mol. The quantitative estimate of drug-likeness (QED) is 0.278. The zero-order valence-corrected chi connectivity index (χ0v) is 20.9. The molecule has 0 saturated carbocycles. The van der Waals surface area contributed by atoms with Gasteiger partial charge in [0.15, 0.2) is 5.65 Å². The van der Waals surface area contributed by atoms with Crippen LogP contribution < -0.4 is 10.6 Å². The first-order chi connectivity index (χ1) is 18.4. The molecular formula is C24H23F6N9. The maximum absolute atomic E-state index is 14.0. The van der Waals surface area contributed by atoms with Crippen LogP contribution in [0.5, 0.6) is 0 Å². The lowest BCUT2D eigenvalue weighted by molar-refractivity contribution is -0.138. The zero-order chi connectivity index (χ0) is 28.4. The van der Waals surface area contributed by atoms with Crippen molar-refractivity contribution < 1.29 is 26.3 Å². The lowest BCUT2D eigenvalue weighted by Gasteiger charge is -2.23. The van der Waals surface area contributed by atoms with Gasteiger partial charge in [-0.3, -0.25) is 0 Å². The van der Waals surface area contributed by atoms with Crippen LogP contribution >= 0.6 is 0 Å². The van der Waals surface area contributed by atoms with Crippen molar-refractivity contribution in [2.45, 2.75) is 31.7 Å². The van der Waals surface area contributed by atoms with E-state index >= 15 is 0 Å². The summed E-state index contributed by atoms with van der Waals surface area (Å²) in [4.78, 5) is 18.2. The number of rotatable bonds is 8. The van der Waals surface area contributed by atoms with Crippen molar-refractivity contribution in [1.82, 2.24) is 35.0 Å². The molecule has 1 unspecified atom stereocenters. The molecule has 0 aliphatic rings. The van der Waals surface area contributed by atoms with Gasteiger partial charge in [0.05, 0.1) is 23.0 Å². The fourth-order valence-electron chi connectivity index (χ4n) is 3.71. The molecule has 9 nitrogen and oxygen atoms in total. The minimum atomic E-state index is -4.75. The standard InChI is InChI=1S/C24H23F6N9/c1-4-14(39(2)3)11-33-19-9-15(24(28,29)30)20(38-37-19)17-12-34-21-16(7-8-31-22(21)36-17)35-18-6-5-13(10-32-18)23(25,26)27/h5-10,12,14H,4,11H2,1-3H3,(H,33,37)(H,31,32,35,36). The van der Waals surface area contributed by atoms with E-state index < -0.39 is 29.2 Å². The number of aromatic nitrogens is 6. The Hall–Kier alpha value is -4.14. The Balaban J connectivity index is 1.64. The van der Waals surface area contributed by atoms with E-state index in [-0.39, 0.29) is 34.5 Å². The number of pyridine rings is 2. The van der Waals surface area contributed by atoms with Crippen molar-refractivity contribution in [1.29, 1.82) is 0 Å². The summed E-state index contributed by atoms with van der Waals surface area (Å²) in [6.45, 7) is 2.34. The second-order valence-corrected chi connectivity index (χ2v) is 8.74. The van der Waals surface area contributed by atoms with Crippen LogP contribution in [0.4, 0.5) is 43.7 Å². The highest BCUT2D eigenvalue weighted by Gasteiger charge is 2.36. The maximum Gasteiger partial charge on any atom is 0.418 e. The van der Waals surface area contributed by atoms with Crippen LogP contribution in [-0.2, 0) is 12.4 Å². The number of nitrogens with zero attached hydrogens (tertiary/aromatic N) is 7. The summed E-state index contributed by atoms with van der Waals surface area (Å²) in [5.41, 5.74) is -2.25. The third-order valence-corrected chi connectivity index (χ3v) is 5.86. The molecule has 0 spiro atoms. The molecule has 4 heterocycles. The average molecular weight is 551 g/mol. The normalized spacial score (nSPS) is 13.1. The molecule has 0 saturated heterocycles. The number of hydrogen-bond acceptors (Lipinski definition) is 9. The van der Waals surface area contributed by atoms with Crippen molar-refractivity contribution in [3.8, 4) is 11.4 Å². The van der Waals surface area contributed by atoms with E-state index in [2.05, 4.69) is 40.8 Å². The van der Waals surface area contributed by atoms with Gasteiger partial charge in [-0.25, -0.2) is 19.9 Å². The number of nitrogens with one attached hydrogen (secondary N) is 2. The van der Waals surface area contributed by atoms with E-state index in [0.717, 1.165) is 30.8 Å². The van der Waals surface area contributed by atoms with Crippen molar-refractivity contribution in [3.63, 3.8) is 0 Å². The molecule has 4 rings (SSSR count). The lowest BCUT2D eigenvalue weighted by Crippen LogP contribution is -2.34. The van der Waals surface area contributed by atoms with E-state index in [0.29, 0.717) is 18.4 Å². The molecule has 1 atom stereocenters. The van der Waals surface area contributed by atoms with Crippen LogP contribution in [0.2, 0.25) is 0 Å². The lowest BCUT2D eigenvalue weighted by atomic mass is 10.1. The largest absolute Gasteiger partial charge is 0.418 e. The molecular weight excluding hydrogens is 528 g/mol. The monoisotopic (exact) mass is 551 g/mol. The molecule has 0 aliphatic heterocycles. The molecule has 0 bridgehead atoms. The first-order valence-electron chi connectivity index (χ1n) is 11.6. The van der Waals surface area contributed by atoms with Gasteiger partial charge in [-0.2, -0.15) is 26.3 Å². The summed E-state index contributed by atoms with van der Waals surface area (Å²) in [5, 5.41) is 13.4. The minimum Gasteiger partial charge on any atom is -0.367 e. The van der Waals surface area contributed by atoms with Crippen LogP contribution in [0.25, 0.3) is 22.6 Å². The Morgan fingerprint density at radius 1 is 0.897 bits per heavy atom.